The highest BCUT2D eigenvalue weighted by Crippen LogP contribution is 2.05. The molecule has 0 amide bonds. The Labute approximate surface area is 95.1 Å². The molecule has 17 heavy (non-hydrogen) atoms. The Morgan fingerprint density at radius 1 is 1.29 bits per heavy atom. The first-order valence-electron chi connectivity index (χ1n) is 4.98. The molecule has 0 aliphatic carbocycles. The molecule has 0 spiro atoms. The molecule has 0 saturated carbocycles. The van der Waals surface area contributed by atoms with Crippen molar-refractivity contribution in [3.63, 3.8) is 0 Å². The molecule has 0 radical (unpaired) electrons. The third kappa shape index (κ3) is 1.73. The smallest absolute Gasteiger partial charge is 0.328 e. The van der Waals surface area contributed by atoms with E-state index in [1.165, 1.54) is 19.1 Å². The highest BCUT2D eigenvalue weighted by molar-refractivity contribution is 5.80. The average molecular weight is 234 g/mol. The predicted molar refractivity (Wildman–Crippen MR) is 61.2 cm³/mol. The summed E-state index contributed by atoms with van der Waals surface area (Å²) < 4.78 is 0.826. The van der Waals surface area contributed by atoms with Crippen LogP contribution in [0, 0.1) is 0 Å². The number of aliphatic carboxylic acids is 1. The Bertz CT molecular complexity index is 698. The van der Waals surface area contributed by atoms with Crippen molar-refractivity contribution in [2.75, 3.05) is 0 Å². The molecule has 1 unspecified atom stereocenters. The van der Waals surface area contributed by atoms with Crippen molar-refractivity contribution in [1.82, 2.24) is 9.78 Å². The number of H-pyrrole nitrogens is 1. The van der Waals surface area contributed by atoms with E-state index in [1.54, 1.807) is 12.1 Å². The van der Waals surface area contributed by atoms with Gasteiger partial charge in [0.2, 0.25) is 0 Å². The van der Waals surface area contributed by atoms with Gasteiger partial charge >= 0.3 is 5.97 Å². The number of carbonyl (C=O) groups is 1. The molecular weight excluding hydrogens is 224 g/mol. The molecule has 1 atom stereocenters. The van der Waals surface area contributed by atoms with Gasteiger partial charge in [-0.05, 0) is 19.1 Å². The molecular formula is C11H10N2O4. The molecule has 0 saturated heterocycles. The lowest BCUT2D eigenvalue weighted by Crippen LogP contribution is -2.34. The van der Waals surface area contributed by atoms with Crippen LogP contribution in [0.2, 0.25) is 0 Å². The van der Waals surface area contributed by atoms with Gasteiger partial charge in [0.1, 0.15) is 6.04 Å². The Kier molecular flexibility index (Phi) is 2.55. The van der Waals surface area contributed by atoms with Gasteiger partial charge in [-0.3, -0.25) is 14.7 Å². The first kappa shape index (κ1) is 11.1. The number of hydrogen-bond donors (Lipinski definition) is 2. The van der Waals surface area contributed by atoms with E-state index in [0.29, 0.717) is 0 Å². The van der Waals surface area contributed by atoms with Crippen molar-refractivity contribution in [2.45, 2.75) is 13.0 Å². The summed E-state index contributed by atoms with van der Waals surface area (Å²) in [5, 5.41) is 11.6. The second-order valence-electron chi connectivity index (χ2n) is 3.68. The number of rotatable bonds is 2. The van der Waals surface area contributed by atoms with E-state index in [9.17, 15) is 14.4 Å². The fourth-order valence-electron chi connectivity index (χ4n) is 1.60. The fraction of sp³-hybridized carbons (Fsp3) is 0.182. The van der Waals surface area contributed by atoms with Crippen LogP contribution in [-0.2, 0) is 4.79 Å². The van der Waals surface area contributed by atoms with Crippen LogP contribution < -0.4 is 11.1 Å². The standard InChI is InChI=1S/C11H10N2O4/c1-6(11(16)17)13-10(15)8-5-3-2-4-7(8)9(14)12-13/h2-6H,1H3,(H,12,14)(H,16,17). The maximum atomic E-state index is 12.0. The van der Waals surface area contributed by atoms with Crippen LogP contribution in [0.3, 0.4) is 0 Å². The molecule has 0 aliphatic heterocycles. The molecule has 1 aromatic heterocycles. The number of nitrogens with one attached hydrogen (secondary N) is 1. The zero-order valence-electron chi connectivity index (χ0n) is 9.01. The van der Waals surface area contributed by atoms with E-state index in [4.69, 9.17) is 5.11 Å². The maximum Gasteiger partial charge on any atom is 0.328 e. The summed E-state index contributed by atoms with van der Waals surface area (Å²) in [6, 6.07) is 5.17. The number of benzene rings is 1. The topological polar surface area (TPSA) is 92.2 Å². The number of carboxylic acids is 1. The molecule has 6 heteroatoms. The molecule has 0 bridgehead atoms. The van der Waals surface area contributed by atoms with E-state index in [-0.39, 0.29) is 10.8 Å². The third-order valence-corrected chi connectivity index (χ3v) is 2.59. The number of aromatic nitrogens is 2. The number of aromatic amines is 1. The summed E-state index contributed by atoms with van der Waals surface area (Å²) in [4.78, 5) is 34.4. The Balaban J connectivity index is 2.85. The second-order valence-corrected chi connectivity index (χ2v) is 3.68. The summed E-state index contributed by atoms with van der Waals surface area (Å²) in [6.45, 7) is 1.33. The Morgan fingerprint density at radius 3 is 2.47 bits per heavy atom. The van der Waals surface area contributed by atoms with Crippen LogP contribution in [0.15, 0.2) is 33.9 Å². The average Bonchev–Trinajstić information content (AvgIpc) is 2.33. The second kappa shape index (κ2) is 3.89. The van der Waals surface area contributed by atoms with Crippen molar-refractivity contribution < 1.29 is 9.90 Å². The molecule has 6 nitrogen and oxygen atoms in total. The number of hydrogen-bond acceptors (Lipinski definition) is 3. The summed E-state index contributed by atoms with van der Waals surface area (Å²) >= 11 is 0. The molecule has 1 aromatic carbocycles. The summed E-state index contributed by atoms with van der Waals surface area (Å²) in [7, 11) is 0. The van der Waals surface area contributed by atoms with Gasteiger partial charge in [-0.1, -0.05) is 12.1 Å². The number of fused-ring (bicyclic) bond motifs is 1. The predicted octanol–water partition coefficient (Wildman–Crippen LogP) is 0.335. The zero-order chi connectivity index (χ0) is 12.6. The van der Waals surface area contributed by atoms with E-state index in [2.05, 4.69) is 5.10 Å². The quantitative estimate of drug-likeness (QED) is 0.783. The SMILES string of the molecule is CC(C(=O)O)n1[nH]c(=O)c2ccccc2c1=O. The lowest BCUT2D eigenvalue weighted by molar-refractivity contribution is -0.140. The van der Waals surface area contributed by atoms with E-state index in [1.807, 2.05) is 0 Å². The molecule has 0 fully saturated rings. The molecule has 2 rings (SSSR count). The van der Waals surface area contributed by atoms with Crippen LogP contribution >= 0.6 is 0 Å². The Hall–Kier alpha value is -2.37. The van der Waals surface area contributed by atoms with E-state index >= 15 is 0 Å². The summed E-state index contributed by atoms with van der Waals surface area (Å²) in [5.41, 5.74) is -0.997. The first-order chi connectivity index (χ1) is 8.02. The van der Waals surface area contributed by atoms with Gasteiger partial charge in [0.05, 0.1) is 10.8 Å². The van der Waals surface area contributed by atoms with Crippen LogP contribution in [0.5, 0.6) is 0 Å². The largest absolute Gasteiger partial charge is 0.480 e. The van der Waals surface area contributed by atoms with Crippen molar-refractivity contribution in [3.05, 3.63) is 45.0 Å². The van der Waals surface area contributed by atoms with Gasteiger partial charge in [-0.25, -0.2) is 9.48 Å². The van der Waals surface area contributed by atoms with Gasteiger partial charge in [-0.2, -0.15) is 0 Å². The van der Waals surface area contributed by atoms with Crippen molar-refractivity contribution >= 4 is 16.7 Å². The normalized spacial score (nSPS) is 12.5. The van der Waals surface area contributed by atoms with E-state index < -0.39 is 23.1 Å². The molecule has 88 valence electrons. The zero-order valence-corrected chi connectivity index (χ0v) is 9.01. The summed E-state index contributed by atoms with van der Waals surface area (Å²) in [6.07, 6.45) is 0. The van der Waals surface area contributed by atoms with E-state index in [0.717, 1.165) is 4.68 Å². The van der Waals surface area contributed by atoms with Gasteiger partial charge in [0, 0.05) is 0 Å². The monoisotopic (exact) mass is 234 g/mol. The molecule has 2 aromatic rings. The van der Waals surface area contributed by atoms with Crippen LogP contribution in [0.4, 0.5) is 0 Å². The fourth-order valence-corrected chi connectivity index (χ4v) is 1.60. The highest BCUT2D eigenvalue weighted by atomic mass is 16.4. The van der Waals surface area contributed by atoms with Crippen molar-refractivity contribution in [2.24, 2.45) is 0 Å². The third-order valence-electron chi connectivity index (χ3n) is 2.59. The summed E-state index contributed by atoms with van der Waals surface area (Å²) in [5.74, 6) is -1.18. The van der Waals surface area contributed by atoms with Gasteiger partial charge in [0.15, 0.2) is 0 Å². The number of nitrogens with zero attached hydrogens (tertiary/aromatic N) is 1. The van der Waals surface area contributed by atoms with Gasteiger partial charge in [-0.15, -0.1) is 0 Å². The van der Waals surface area contributed by atoms with Crippen LogP contribution in [0.1, 0.15) is 13.0 Å². The van der Waals surface area contributed by atoms with Crippen molar-refractivity contribution in [3.8, 4) is 0 Å². The highest BCUT2D eigenvalue weighted by Gasteiger charge is 2.17. The number of carboxylic acid groups (broad SMARTS) is 1. The minimum absolute atomic E-state index is 0.212. The lowest BCUT2D eigenvalue weighted by atomic mass is 10.2. The molecule has 1 heterocycles. The van der Waals surface area contributed by atoms with Crippen molar-refractivity contribution in [1.29, 1.82) is 0 Å². The van der Waals surface area contributed by atoms with Gasteiger partial charge < -0.3 is 5.11 Å². The molecule has 2 N–H and O–H groups in total. The van der Waals surface area contributed by atoms with Gasteiger partial charge in [0.25, 0.3) is 11.1 Å². The minimum Gasteiger partial charge on any atom is -0.480 e. The lowest BCUT2D eigenvalue weighted by Gasteiger charge is -2.10. The molecule has 0 aliphatic rings. The van der Waals surface area contributed by atoms with Crippen LogP contribution in [0.25, 0.3) is 10.8 Å². The Morgan fingerprint density at radius 2 is 1.88 bits per heavy atom. The maximum absolute atomic E-state index is 12.0. The minimum atomic E-state index is -1.18. The first-order valence-corrected chi connectivity index (χ1v) is 4.98. The van der Waals surface area contributed by atoms with Crippen LogP contribution in [-0.4, -0.2) is 20.9 Å².